The second-order valence-electron chi connectivity index (χ2n) is 7.35. The minimum atomic E-state index is -0.665. The Bertz CT molecular complexity index is 599. The maximum atomic E-state index is 12.2. The number of hydrogen-bond acceptors (Lipinski definition) is 3. The van der Waals surface area contributed by atoms with Crippen LogP contribution in [0.15, 0.2) is 24.3 Å². The lowest BCUT2D eigenvalue weighted by Gasteiger charge is -2.31. The lowest BCUT2D eigenvalue weighted by Crippen LogP contribution is -2.32. The highest BCUT2D eigenvalue weighted by Gasteiger charge is 2.41. The van der Waals surface area contributed by atoms with Gasteiger partial charge in [-0.05, 0) is 55.7 Å². The van der Waals surface area contributed by atoms with Crippen molar-refractivity contribution in [3.05, 3.63) is 35.4 Å². The number of hydrogen-bond donors (Lipinski definition) is 1. The molecular weight excluding hydrogens is 352 g/mol. The molecule has 1 fully saturated rings. The van der Waals surface area contributed by atoms with Crippen LogP contribution in [0.5, 0.6) is 0 Å². The van der Waals surface area contributed by atoms with Crippen molar-refractivity contribution >= 4 is 23.5 Å². The smallest absolute Gasteiger partial charge is 0.337 e. The molecular formula is C21H29ClO4. The first kappa shape index (κ1) is 20.8. The molecule has 0 aromatic heterocycles. The van der Waals surface area contributed by atoms with Crippen LogP contribution < -0.4 is 0 Å². The highest BCUT2D eigenvalue weighted by molar-refractivity contribution is 6.17. The molecule has 0 heterocycles. The van der Waals surface area contributed by atoms with Crippen LogP contribution >= 0.6 is 11.6 Å². The van der Waals surface area contributed by atoms with Crippen molar-refractivity contribution in [2.75, 3.05) is 13.0 Å². The summed E-state index contributed by atoms with van der Waals surface area (Å²) in [7, 11) is 1.37. The third-order valence-corrected chi connectivity index (χ3v) is 5.91. The number of aliphatic carboxylic acids is 1. The van der Waals surface area contributed by atoms with E-state index in [9.17, 15) is 14.7 Å². The molecule has 0 saturated heterocycles. The maximum absolute atomic E-state index is 12.2. The molecule has 1 aliphatic carbocycles. The predicted molar refractivity (Wildman–Crippen MR) is 103 cm³/mol. The number of carboxylic acids is 1. The van der Waals surface area contributed by atoms with Gasteiger partial charge in [0.1, 0.15) is 0 Å². The second-order valence-corrected chi connectivity index (χ2v) is 7.72. The number of alkyl halides is 1. The van der Waals surface area contributed by atoms with Crippen molar-refractivity contribution in [2.45, 2.75) is 63.7 Å². The zero-order valence-electron chi connectivity index (χ0n) is 15.5. The van der Waals surface area contributed by atoms with Crippen molar-refractivity contribution in [2.24, 2.45) is 5.41 Å². The molecule has 2 atom stereocenters. The van der Waals surface area contributed by atoms with Crippen molar-refractivity contribution in [1.29, 1.82) is 0 Å². The Kier molecular flexibility index (Phi) is 7.95. The Hall–Kier alpha value is -1.55. The van der Waals surface area contributed by atoms with Gasteiger partial charge in [0.15, 0.2) is 0 Å². The Morgan fingerprint density at radius 1 is 1.19 bits per heavy atom. The Labute approximate surface area is 160 Å². The summed E-state index contributed by atoms with van der Waals surface area (Å²) in [6.07, 6.45) is 7.96. The molecule has 0 amide bonds. The Balaban J connectivity index is 2.15. The van der Waals surface area contributed by atoms with Gasteiger partial charge in [0, 0.05) is 5.88 Å². The van der Waals surface area contributed by atoms with Crippen molar-refractivity contribution in [3.8, 4) is 0 Å². The zero-order chi connectivity index (χ0) is 19.0. The van der Waals surface area contributed by atoms with E-state index in [2.05, 4.69) is 0 Å². The minimum absolute atomic E-state index is 0.216. The normalized spacial score (nSPS) is 23.2. The van der Waals surface area contributed by atoms with E-state index in [1.807, 2.05) is 12.1 Å². The van der Waals surface area contributed by atoms with Gasteiger partial charge in [-0.1, -0.05) is 37.8 Å². The van der Waals surface area contributed by atoms with Gasteiger partial charge in [0.2, 0.25) is 0 Å². The third kappa shape index (κ3) is 5.23. The number of halogens is 1. The third-order valence-electron chi connectivity index (χ3n) is 5.64. The average molecular weight is 381 g/mol. The molecule has 1 aliphatic rings. The van der Waals surface area contributed by atoms with Crippen LogP contribution in [0.4, 0.5) is 0 Å². The van der Waals surface area contributed by atoms with E-state index in [0.29, 0.717) is 17.9 Å². The standard InChI is InChI=1S/C21H29ClO4/c1-26-19(23)17-10-8-16(9-11-17)18-7-3-5-13-21(15-18,20(24)25)12-4-2-6-14-22/h8-11,18H,2-7,12-15H2,1H3,(H,24,25). The number of ether oxygens (including phenoxy) is 1. The summed E-state index contributed by atoms with van der Waals surface area (Å²) in [5.41, 5.74) is 0.996. The summed E-state index contributed by atoms with van der Waals surface area (Å²) in [6, 6.07) is 7.44. The number of esters is 1. The van der Waals surface area contributed by atoms with Gasteiger partial charge in [-0.25, -0.2) is 4.79 Å². The summed E-state index contributed by atoms with van der Waals surface area (Å²) in [5, 5.41) is 10.00. The Morgan fingerprint density at radius 3 is 2.54 bits per heavy atom. The van der Waals surface area contributed by atoms with Gasteiger partial charge in [0.05, 0.1) is 18.1 Å². The van der Waals surface area contributed by atoms with Crippen LogP contribution in [0.3, 0.4) is 0 Å². The summed E-state index contributed by atoms with van der Waals surface area (Å²) in [4.78, 5) is 23.8. The van der Waals surface area contributed by atoms with E-state index < -0.39 is 11.4 Å². The molecule has 0 spiro atoms. The van der Waals surface area contributed by atoms with Crippen LogP contribution in [-0.2, 0) is 9.53 Å². The fourth-order valence-corrected chi connectivity index (χ4v) is 4.28. The van der Waals surface area contributed by atoms with Gasteiger partial charge >= 0.3 is 11.9 Å². The number of carbonyl (C=O) groups excluding carboxylic acids is 1. The lowest BCUT2D eigenvalue weighted by molar-refractivity contribution is -0.150. The average Bonchev–Trinajstić information content (AvgIpc) is 2.88. The van der Waals surface area contributed by atoms with Crippen LogP contribution in [0.1, 0.15) is 79.6 Å². The van der Waals surface area contributed by atoms with Crippen molar-refractivity contribution in [3.63, 3.8) is 0 Å². The van der Waals surface area contributed by atoms with Gasteiger partial charge in [-0.2, -0.15) is 0 Å². The van der Waals surface area contributed by atoms with Gasteiger partial charge in [-0.15, -0.1) is 11.6 Å². The van der Waals surface area contributed by atoms with E-state index in [4.69, 9.17) is 16.3 Å². The topological polar surface area (TPSA) is 63.6 Å². The first-order chi connectivity index (χ1) is 12.5. The zero-order valence-corrected chi connectivity index (χ0v) is 16.3. The molecule has 0 aliphatic heterocycles. The largest absolute Gasteiger partial charge is 0.481 e. The summed E-state index contributed by atoms with van der Waals surface area (Å²) < 4.78 is 4.74. The molecule has 0 radical (unpaired) electrons. The molecule has 5 heteroatoms. The summed E-state index contributed by atoms with van der Waals surface area (Å²) >= 11 is 5.75. The fourth-order valence-electron chi connectivity index (χ4n) is 4.09. The Morgan fingerprint density at radius 2 is 1.92 bits per heavy atom. The molecule has 1 saturated carbocycles. The molecule has 1 aromatic carbocycles. The number of benzene rings is 1. The predicted octanol–water partition coefficient (Wildman–Crippen LogP) is 5.39. The molecule has 1 N–H and O–H groups in total. The number of methoxy groups -OCH3 is 1. The van der Waals surface area contributed by atoms with Gasteiger partial charge in [-0.3, -0.25) is 4.79 Å². The van der Waals surface area contributed by atoms with Gasteiger partial charge in [0.25, 0.3) is 0 Å². The van der Waals surface area contributed by atoms with Crippen LogP contribution in [-0.4, -0.2) is 30.0 Å². The number of carbonyl (C=O) groups is 2. The molecule has 4 nitrogen and oxygen atoms in total. The summed E-state index contributed by atoms with van der Waals surface area (Å²) in [6.45, 7) is 0. The number of unbranched alkanes of at least 4 members (excludes halogenated alkanes) is 2. The molecule has 0 bridgehead atoms. The SMILES string of the molecule is COC(=O)c1ccc(C2CCCCC(CCCCCCl)(C(=O)O)C2)cc1. The fraction of sp³-hybridized carbons (Fsp3) is 0.619. The van der Waals surface area contributed by atoms with Crippen molar-refractivity contribution in [1.82, 2.24) is 0 Å². The van der Waals surface area contributed by atoms with Crippen LogP contribution in [0, 0.1) is 5.41 Å². The lowest BCUT2D eigenvalue weighted by atomic mass is 9.72. The number of rotatable bonds is 8. The first-order valence-electron chi connectivity index (χ1n) is 9.50. The molecule has 144 valence electrons. The van der Waals surface area contributed by atoms with E-state index in [1.54, 1.807) is 12.1 Å². The van der Waals surface area contributed by atoms with E-state index >= 15 is 0 Å². The van der Waals surface area contributed by atoms with Gasteiger partial charge < -0.3 is 9.84 Å². The summed E-state index contributed by atoms with van der Waals surface area (Å²) in [5.74, 6) is -0.165. The highest BCUT2D eigenvalue weighted by atomic mass is 35.5. The van der Waals surface area contributed by atoms with Crippen LogP contribution in [0.25, 0.3) is 0 Å². The monoisotopic (exact) mass is 380 g/mol. The minimum Gasteiger partial charge on any atom is -0.481 e. The highest BCUT2D eigenvalue weighted by Crippen LogP contribution is 2.45. The maximum Gasteiger partial charge on any atom is 0.337 e. The van der Waals surface area contributed by atoms with E-state index in [-0.39, 0.29) is 11.9 Å². The first-order valence-corrected chi connectivity index (χ1v) is 10.0. The van der Waals surface area contributed by atoms with Crippen molar-refractivity contribution < 1.29 is 19.4 Å². The van der Waals surface area contributed by atoms with E-state index in [1.165, 1.54) is 7.11 Å². The quantitative estimate of drug-likeness (QED) is 0.284. The molecule has 26 heavy (non-hydrogen) atoms. The molecule has 1 aromatic rings. The van der Waals surface area contributed by atoms with E-state index in [0.717, 1.165) is 56.9 Å². The molecule has 2 rings (SSSR count). The number of carboxylic acid groups (broad SMARTS) is 1. The molecule has 2 unspecified atom stereocenters. The van der Waals surface area contributed by atoms with Crippen LogP contribution in [0.2, 0.25) is 0 Å². The second kappa shape index (κ2) is 9.96.